The van der Waals surface area contributed by atoms with Crippen LogP contribution in [0.4, 0.5) is 0 Å². The van der Waals surface area contributed by atoms with Crippen molar-refractivity contribution in [2.45, 2.75) is 65.9 Å². The molecule has 2 heteroatoms. The molecule has 0 bridgehead atoms. The zero-order valence-corrected chi connectivity index (χ0v) is 11.7. The highest BCUT2D eigenvalue weighted by atomic mass is 16.5. The van der Waals surface area contributed by atoms with Crippen LogP contribution in [-0.2, 0) is 9.53 Å². The lowest BCUT2D eigenvalue weighted by molar-refractivity contribution is -0.155. The van der Waals surface area contributed by atoms with Crippen molar-refractivity contribution in [3.05, 3.63) is 11.6 Å². The van der Waals surface area contributed by atoms with Gasteiger partial charge < -0.3 is 4.74 Å². The summed E-state index contributed by atoms with van der Waals surface area (Å²) in [6.07, 6.45) is 7.99. The molecule has 1 unspecified atom stereocenters. The molecule has 0 aromatic rings. The smallest absolute Gasteiger partial charge is 0.313 e. The van der Waals surface area contributed by atoms with Gasteiger partial charge in [0.25, 0.3) is 0 Å². The molecule has 0 heterocycles. The summed E-state index contributed by atoms with van der Waals surface area (Å²) in [5.41, 5.74) is 1.18. The summed E-state index contributed by atoms with van der Waals surface area (Å²) >= 11 is 0. The van der Waals surface area contributed by atoms with Crippen LogP contribution in [0.5, 0.6) is 0 Å². The lowest BCUT2D eigenvalue weighted by Crippen LogP contribution is -2.27. The van der Waals surface area contributed by atoms with E-state index < -0.39 is 0 Å². The van der Waals surface area contributed by atoms with Gasteiger partial charge in [-0.2, -0.15) is 0 Å². The fourth-order valence-electron chi connectivity index (χ4n) is 2.32. The van der Waals surface area contributed by atoms with Crippen LogP contribution in [-0.4, -0.2) is 12.1 Å². The second-order valence-electron chi connectivity index (χ2n) is 5.71. The monoisotopic (exact) mass is 238 g/mol. The quantitative estimate of drug-likeness (QED) is 0.544. The Hall–Kier alpha value is -0.790. The fraction of sp³-hybridized carbons (Fsp3) is 0.800. The Labute approximate surface area is 105 Å². The van der Waals surface area contributed by atoms with Crippen molar-refractivity contribution in [2.75, 3.05) is 0 Å². The average molecular weight is 238 g/mol. The van der Waals surface area contributed by atoms with Crippen molar-refractivity contribution < 1.29 is 9.53 Å². The lowest BCUT2D eigenvalue weighted by Gasteiger charge is -2.25. The first-order chi connectivity index (χ1) is 8.00. The molecule has 17 heavy (non-hydrogen) atoms. The summed E-state index contributed by atoms with van der Waals surface area (Å²) in [4.78, 5) is 12.1. The number of rotatable bonds is 4. The van der Waals surface area contributed by atoms with E-state index >= 15 is 0 Å². The van der Waals surface area contributed by atoms with Gasteiger partial charge in [-0.1, -0.05) is 31.9 Å². The lowest BCUT2D eigenvalue weighted by atomic mass is 9.93. The molecule has 0 spiro atoms. The molecule has 0 aliphatic heterocycles. The number of carbonyl (C=O) groups excluding carboxylic acids is 1. The first-order valence-corrected chi connectivity index (χ1v) is 6.86. The molecule has 0 amide bonds. The summed E-state index contributed by atoms with van der Waals surface area (Å²) in [6.45, 7) is 8.21. The minimum absolute atomic E-state index is 0.0342. The van der Waals surface area contributed by atoms with Crippen molar-refractivity contribution in [3.8, 4) is 0 Å². The molecule has 1 aliphatic carbocycles. The Morgan fingerprint density at radius 2 is 1.76 bits per heavy atom. The van der Waals surface area contributed by atoms with Crippen LogP contribution in [0.1, 0.15) is 59.8 Å². The third kappa shape index (κ3) is 4.93. The van der Waals surface area contributed by atoms with Gasteiger partial charge in [0.05, 0.1) is 5.92 Å². The van der Waals surface area contributed by atoms with Crippen LogP contribution < -0.4 is 0 Å². The maximum atomic E-state index is 12.1. The van der Waals surface area contributed by atoms with Gasteiger partial charge in [0.1, 0.15) is 6.10 Å². The van der Waals surface area contributed by atoms with Gasteiger partial charge >= 0.3 is 5.97 Å². The molecule has 0 aromatic heterocycles. The normalized spacial score (nSPS) is 18.9. The first-order valence-electron chi connectivity index (χ1n) is 6.86. The topological polar surface area (TPSA) is 26.3 Å². The molecule has 1 aliphatic rings. The van der Waals surface area contributed by atoms with Crippen LogP contribution in [0.25, 0.3) is 0 Å². The van der Waals surface area contributed by atoms with Gasteiger partial charge in [0.15, 0.2) is 0 Å². The molecular formula is C15H26O2. The third-order valence-corrected chi connectivity index (χ3v) is 3.34. The van der Waals surface area contributed by atoms with Crippen molar-refractivity contribution >= 4 is 5.97 Å². The fourth-order valence-corrected chi connectivity index (χ4v) is 2.32. The van der Waals surface area contributed by atoms with Gasteiger partial charge in [-0.05, 0) is 45.4 Å². The number of hydrogen-bond acceptors (Lipinski definition) is 2. The van der Waals surface area contributed by atoms with Crippen molar-refractivity contribution in [2.24, 2.45) is 11.8 Å². The zero-order chi connectivity index (χ0) is 12.8. The predicted octanol–water partition coefficient (Wildman–Crippen LogP) is 4.10. The Morgan fingerprint density at radius 1 is 1.18 bits per heavy atom. The number of ether oxygens (including phenoxy) is 1. The van der Waals surface area contributed by atoms with E-state index in [0.717, 1.165) is 12.8 Å². The molecule has 0 radical (unpaired) electrons. The van der Waals surface area contributed by atoms with Crippen molar-refractivity contribution in [3.63, 3.8) is 0 Å². The van der Waals surface area contributed by atoms with Gasteiger partial charge in [-0.3, -0.25) is 4.79 Å². The highest BCUT2D eigenvalue weighted by Crippen LogP contribution is 2.23. The van der Waals surface area contributed by atoms with E-state index in [-0.39, 0.29) is 18.0 Å². The first kappa shape index (κ1) is 14.3. The second kappa shape index (κ2) is 6.83. The van der Waals surface area contributed by atoms with E-state index in [9.17, 15) is 4.79 Å². The molecule has 2 nitrogen and oxygen atoms in total. The number of carbonyl (C=O) groups is 1. The summed E-state index contributed by atoms with van der Waals surface area (Å²) in [5.74, 6) is 0.191. The van der Waals surface area contributed by atoms with Crippen LogP contribution >= 0.6 is 0 Å². The van der Waals surface area contributed by atoms with Gasteiger partial charge in [-0.15, -0.1) is 0 Å². The van der Waals surface area contributed by atoms with E-state index in [2.05, 4.69) is 13.8 Å². The van der Waals surface area contributed by atoms with Gasteiger partial charge in [-0.25, -0.2) is 0 Å². The highest BCUT2D eigenvalue weighted by molar-refractivity contribution is 5.75. The zero-order valence-electron chi connectivity index (χ0n) is 11.7. The summed E-state index contributed by atoms with van der Waals surface area (Å²) in [6, 6.07) is 0. The summed E-state index contributed by atoms with van der Waals surface area (Å²) in [7, 11) is 0. The third-order valence-electron chi connectivity index (χ3n) is 3.34. The van der Waals surface area contributed by atoms with E-state index in [4.69, 9.17) is 4.74 Å². The van der Waals surface area contributed by atoms with Crippen molar-refractivity contribution in [1.29, 1.82) is 0 Å². The highest BCUT2D eigenvalue weighted by Gasteiger charge is 2.25. The Kier molecular flexibility index (Phi) is 5.73. The standard InChI is InChI=1S/C15H26O2/c1-11(2)10-14(12(3)4)15(16)17-13-8-6-5-7-9-13/h10,12-14H,5-9H2,1-4H3. The van der Waals surface area contributed by atoms with Crippen LogP contribution in [0, 0.1) is 11.8 Å². The second-order valence-corrected chi connectivity index (χ2v) is 5.71. The van der Waals surface area contributed by atoms with E-state index in [1.54, 1.807) is 0 Å². The van der Waals surface area contributed by atoms with E-state index in [1.807, 2.05) is 19.9 Å². The molecule has 0 N–H and O–H groups in total. The van der Waals surface area contributed by atoms with Crippen LogP contribution in [0.15, 0.2) is 11.6 Å². The Balaban J connectivity index is 2.55. The summed E-state index contributed by atoms with van der Waals surface area (Å²) in [5, 5.41) is 0. The predicted molar refractivity (Wildman–Crippen MR) is 70.7 cm³/mol. The molecule has 1 rings (SSSR count). The van der Waals surface area contributed by atoms with Gasteiger partial charge in [0, 0.05) is 0 Å². The molecule has 1 saturated carbocycles. The molecule has 0 saturated heterocycles. The number of esters is 1. The minimum Gasteiger partial charge on any atom is -0.462 e. The summed E-state index contributed by atoms with van der Waals surface area (Å²) < 4.78 is 5.63. The molecule has 1 atom stereocenters. The largest absolute Gasteiger partial charge is 0.462 e. The van der Waals surface area contributed by atoms with Crippen LogP contribution in [0.2, 0.25) is 0 Å². The Morgan fingerprint density at radius 3 is 2.24 bits per heavy atom. The maximum Gasteiger partial charge on any atom is 0.313 e. The molecular weight excluding hydrogens is 212 g/mol. The van der Waals surface area contributed by atoms with Crippen LogP contribution in [0.3, 0.4) is 0 Å². The molecule has 0 aromatic carbocycles. The van der Waals surface area contributed by atoms with E-state index in [0.29, 0.717) is 5.92 Å². The average Bonchev–Trinajstić information content (AvgIpc) is 2.26. The maximum absolute atomic E-state index is 12.1. The molecule has 1 fully saturated rings. The van der Waals surface area contributed by atoms with Crippen molar-refractivity contribution in [1.82, 2.24) is 0 Å². The minimum atomic E-state index is -0.0815. The number of allylic oxidation sites excluding steroid dienone is 1. The van der Waals surface area contributed by atoms with E-state index in [1.165, 1.54) is 24.8 Å². The Bertz CT molecular complexity index is 269. The SMILES string of the molecule is CC(C)=CC(C(=O)OC1CCCCC1)C(C)C. The van der Waals surface area contributed by atoms with Gasteiger partial charge in [0.2, 0.25) is 0 Å². The molecule has 98 valence electrons. The number of hydrogen-bond donors (Lipinski definition) is 0.